The van der Waals surface area contributed by atoms with Crippen LogP contribution in [-0.2, 0) is 18.4 Å². The molecule has 13 heteroatoms. The fourth-order valence-electron chi connectivity index (χ4n) is 4.25. The molecule has 0 saturated carbocycles. The van der Waals surface area contributed by atoms with Gasteiger partial charge in [-0.15, -0.1) is 0 Å². The largest absolute Gasteiger partial charge is 0.481 e. The van der Waals surface area contributed by atoms with Gasteiger partial charge in [-0.2, -0.15) is 5.10 Å². The Balaban J connectivity index is 1.64. The Morgan fingerprint density at radius 2 is 1.71 bits per heavy atom. The van der Waals surface area contributed by atoms with Gasteiger partial charge in [-0.05, 0) is 24.6 Å². The number of anilines is 1. The number of carbonyl (C=O) groups excluding carboxylic acids is 1. The maximum absolute atomic E-state index is 12.8. The molecule has 218 valence electrons. The summed E-state index contributed by atoms with van der Waals surface area (Å²) < 4.78 is 6.52. The Morgan fingerprint density at radius 3 is 2.40 bits per heavy atom. The van der Waals surface area contributed by atoms with E-state index in [2.05, 4.69) is 20.7 Å². The van der Waals surface area contributed by atoms with Crippen LogP contribution in [0.5, 0.6) is 5.88 Å². The van der Waals surface area contributed by atoms with Crippen molar-refractivity contribution in [2.24, 2.45) is 7.05 Å². The van der Waals surface area contributed by atoms with E-state index in [4.69, 9.17) is 33.0 Å². The third-order valence-electron chi connectivity index (χ3n) is 6.45. The maximum Gasteiger partial charge on any atom is 0.320 e. The van der Waals surface area contributed by atoms with Gasteiger partial charge in [-0.1, -0.05) is 59.6 Å². The van der Waals surface area contributed by atoms with Crippen molar-refractivity contribution in [1.82, 2.24) is 20.1 Å². The van der Waals surface area contributed by atoms with E-state index < -0.39 is 23.5 Å². The number of aryl methyl sites for hydroxylation is 1. The topological polar surface area (TPSA) is 156 Å². The third kappa shape index (κ3) is 6.60. The van der Waals surface area contributed by atoms with Crippen molar-refractivity contribution in [1.29, 1.82) is 0 Å². The number of aromatic nitrogens is 3. The highest BCUT2D eigenvalue weighted by molar-refractivity contribution is 6.39. The summed E-state index contributed by atoms with van der Waals surface area (Å²) in [6.07, 6.45) is 1.41. The van der Waals surface area contributed by atoms with Crippen LogP contribution in [0.4, 0.5) is 5.69 Å². The third-order valence-corrected chi connectivity index (χ3v) is 7.26. The zero-order chi connectivity index (χ0) is 30.4. The average molecular weight is 612 g/mol. The summed E-state index contributed by atoms with van der Waals surface area (Å²) in [6.45, 7) is -0.113. The normalized spacial score (nSPS) is 11.6. The fourth-order valence-corrected chi connectivity index (χ4v) is 4.85. The standard InChI is InChI=1S/C29H27Cl2N5O6/c1-36-28(39)20(11-13-33-36)26(38)34-22-8-4-6-18(25(22)31)17-5-3-7-19(24(17)30)21-10-9-16(27(35-21)42-2)15-32-23(12-14-37)29(40)41/h3-11,13,23,32,37H,12,14-15H2,1-2H3,(H,34,38)(H,40,41)/t23-/m0/s1. The molecular formula is C29H27Cl2N5O6. The molecule has 4 rings (SSSR count). The van der Waals surface area contributed by atoms with E-state index >= 15 is 0 Å². The summed E-state index contributed by atoms with van der Waals surface area (Å²) in [4.78, 5) is 41.1. The summed E-state index contributed by atoms with van der Waals surface area (Å²) >= 11 is 13.6. The van der Waals surface area contributed by atoms with Crippen molar-refractivity contribution < 1.29 is 24.5 Å². The van der Waals surface area contributed by atoms with Crippen molar-refractivity contribution in [3.05, 3.63) is 92.3 Å². The minimum atomic E-state index is -1.07. The van der Waals surface area contributed by atoms with Gasteiger partial charge in [0, 0.05) is 48.6 Å². The SMILES string of the molecule is COc1nc(-c2cccc(-c3cccc(NC(=O)c4ccnn(C)c4=O)c3Cl)c2Cl)ccc1CN[C@@H](CCO)C(=O)O. The highest BCUT2D eigenvalue weighted by Crippen LogP contribution is 2.41. The number of hydrogen-bond acceptors (Lipinski definition) is 8. The number of carboxylic acid groups (broad SMARTS) is 1. The molecule has 4 N–H and O–H groups in total. The molecule has 0 aliphatic carbocycles. The second kappa shape index (κ2) is 13.6. The zero-order valence-electron chi connectivity index (χ0n) is 22.6. The lowest BCUT2D eigenvalue weighted by Gasteiger charge is -2.16. The molecule has 1 atom stereocenters. The number of halogens is 2. The van der Waals surface area contributed by atoms with Crippen molar-refractivity contribution >= 4 is 40.8 Å². The number of benzene rings is 2. The number of nitrogens with zero attached hydrogens (tertiary/aromatic N) is 3. The lowest BCUT2D eigenvalue weighted by Crippen LogP contribution is -2.37. The number of ether oxygens (including phenoxy) is 1. The Hall–Kier alpha value is -4.29. The first-order valence-electron chi connectivity index (χ1n) is 12.7. The van der Waals surface area contributed by atoms with E-state index in [0.29, 0.717) is 33.0 Å². The molecule has 0 unspecified atom stereocenters. The molecule has 0 fully saturated rings. The molecule has 0 radical (unpaired) electrons. The second-order valence-corrected chi connectivity index (χ2v) is 9.87. The molecule has 0 bridgehead atoms. The molecule has 2 heterocycles. The number of carbonyl (C=O) groups is 2. The number of rotatable bonds is 11. The minimum Gasteiger partial charge on any atom is -0.481 e. The Bertz CT molecular complexity index is 1690. The second-order valence-electron chi connectivity index (χ2n) is 9.11. The first-order valence-corrected chi connectivity index (χ1v) is 13.4. The summed E-state index contributed by atoms with van der Waals surface area (Å²) in [7, 11) is 2.90. The smallest absolute Gasteiger partial charge is 0.320 e. The number of aliphatic hydroxyl groups is 1. The number of hydrogen-bond donors (Lipinski definition) is 4. The van der Waals surface area contributed by atoms with Crippen molar-refractivity contribution in [3.8, 4) is 28.3 Å². The minimum absolute atomic E-state index is 0.0567. The van der Waals surface area contributed by atoms with Gasteiger partial charge in [0.1, 0.15) is 11.6 Å². The Morgan fingerprint density at radius 1 is 1.02 bits per heavy atom. The number of nitrogens with one attached hydrogen (secondary N) is 2. The van der Waals surface area contributed by atoms with Gasteiger partial charge in [0.05, 0.1) is 28.5 Å². The lowest BCUT2D eigenvalue weighted by atomic mass is 10.00. The number of methoxy groups -OCH3 is 1. The zero-order valence-corrected chi connectivity index (χ0v) is 24.1. The number of aliphatic carboxylic acids is 1. The number of pyridine rings is 1. The van der Waals surface area contributed by atoms with E-state index in [1.54, 1.807) is 48.5 Å². The number of carboxylic acids is 1. The molecule has 1 amide bonds. The number of aliphatic hydroxyl groups excluding tert-OH is 1. The molecule has 0 aliphatic heterocycles. The molecule has 42 heavy (non-hydrogen) atoms. The van der Waals surface area contributed by atoms with Gasteiger partial charge in [0.25, 0.3) is 11.5 Å². The summed E-state index contributed by atoms with van der Waals surface area (Å²) in [5.41, 5.74) is 2.48. The van der Waals surface area contributed by atoms with Gasteiger partial charge in [-0.3, -0.25) is 14.4 Å². The van der Waals surface area contributed by atoms with Crippen LogP contribution in [0.2, 0.25) is 10.0 Å². The van der Waals surface area contributed by atoms with E-state index in [1.807, 2.05) is 0 Å². The molecular weight excluding hydrogens is 585 g/mol. The predicted molar refractivity (Wildman–Crippen MR) is 159 cm³/mol. The van der Waals surface area contributed by atoms with Crippen LogP contribution in [0.15, 0.2) is 65.6 Å². The molecule has 0 spiro atoms. The van der Waals surface area contributed by atoms with Crippen LogP contribution in [0.1, 0.15) is 22.3 Å². The Labute approximate surface area is 250 Å². The summed E-state index contributed by atoms with van der Waals surface area (Å²) in [6, 6.07) is 14.3. The van der Waals surface area contributed by atoms with Crippen LogP contribution < -0.4 is 20.9 Å². The van der Waals surface area contributed by atoms with Crippen LogP contribution in [0.25, 0.3) is 22.4 Å². The van der Waals surface area contributed by atoms with E-state index in [9.17, 15) is 19.5 Å². The average Bonchev–Trinajstić information content (AvgIpc) is 2.98. The number of amides is 1. The van der Waals surface area contributed by atoms with Crippen LogP contribution >= 0.6 is 23.2 Å². The van der Waals surface area contributed by atoms with Crippen LogP contribution in [-0.4, -0.2) is 56.6 Å². The first-order chi connectivity index (χ1) is 20.2. The quantitative estimate of drug-likeness (QED) is 0.197. The predicted octanol–water partition coefficient (Wildman–Crippen LogP) is 4.00. The van der Waals surface area contributed by atoms with Gasteiger partial charge in [-0.25, -0.2) is 9.67 Å². The molecule has 4 aromatic rings. The maximum atomic E-state index is 12.8. The van der Waals surface area contributed by atoms with Gasteiger partial charge < -0.3 is 25.6 Å². The van der Waals surface area contributed by atoms with E-state index in [1.165, 1.54) is 26.4 Å². The molecule has 2 aromatic heterocycles. The van der Waals surface area contributed by atoms with E-state index in [-0.39, 0.29) is 41.7 Å². The van der Waals surface area contributed by atoms with Gasteiger partial charge >= 0.3 is 5.97 Å². The monoisotopic (exact) mass is 611 g/mol. The molecule has 0 aliphatic rings. The first kappa shape index (κ1) is 30.7. The highest BCUT2D eigenvalue weighted by atomic mass is 35.5. The fraction of sp³-hybridized carbons (Fsp3) is 0.207. The highest BCUT2D eigenvalue weighted by Gasteiger charge is 2.20. The molecule has 0 saturated heterocycles. The summed E-state index contributed by atoms with van der Waals surface area (Å²) in [5, 5.41) is 28.4. The Kier molecular flexibility index (Phi) is 9.92. The molecule has 11 nitrogen and oxygen atoms in total. The van der Waals surface area contributed by atoms with Crippen molar-refractivity contribution in [2.75, 3.05) is 19.0 Å². The van der Waals surface area contributed by atoms with Gasteiger partial charge in [0.15, 0.2) is 0 Å². The van der Waals surface area contributed by atoms with Crippen molar-refractivity contribution in [3.63, 3.8) is 0 Å². The molecule has 2 aromatic carbocycles. The van der Waals surface area contributed by atoms with Crippen LogP contribution in [0, 0.1) is 0 Å². The van der Waals surface area contributed by atoms with Crippen molar-refractivity contribution in [2.45, 2.75) is 19.0 Å². The van der Waals surface area contributed by atoms with E-state index in [0.717, 1.165) is 4.68 Å². The van der Waals surface area contributed by atoms with Crippen LogP contribution in [0.3, 0.4) is 0 Å². The summed E-state index contributed by atoms with van der Waals surface area (Å²) in [5.74, 6) is -1.42. The van der Waals surface area contributed by atoms with Gasteiger partial charge in [0.2, 0.25) is 5.88 Å². The lowest BCUT2D eigenvalue weighted by molar-refractivity contribution is -0.140.